The van der Waals surface area contributed by atoms with E-state index in [1.807, 2.05) is 62.4 Å². The summed E-state index contributed by atoms with van der Waals surface area (Å²) in [7, 11) is 0. The van der Waals surface area contributed by atoms with Gasteiger partial charge in [-0.25, -0.2) is 0 Å². The van der Waals surface area contributed by atoms with E-state index in [2.05, 4.69) is 0 Å². The Morgan fingerprint density at radius 3 is 2.15 bits per heavy atom. The molecule has 0 bridgehead atoms. The maximum atomic E-state index is 12.6. The molecule has 0 atom stereocenters. The molecule has 0 aliphatic carbocycles. The van der Waals surface area contributed by atoms with E-state index >= 15 is 0 Å². The summed E-state index contributed by atoms with van der Waals surface area (Å²) in [6, 6.07) is 15.4. The van der Waals surface area contributed by atoms with Gasteiger partial charge in [0.25, 0.3) is 5.91 Å². The van der Waals surface area contributed by atoms with Gasteiger partial charge in [-0.3, -0.25) is 4.79 Å². The van der Waals surface area contributed by atoms with Gasteiger partial charge in [-0.15, -0.1) is 11.6 Å². The van der Waals surface area contributed by atoms with E-state index in [0.29, 0.717) is 18.0 Å². The number of hydrogen-bond donors (Lipinski definition) is 0. The molecule has 0 radical (unpaired) electrons. The number of aryl methyl sites for hydroxylation is 1. The molecule has 0 unspecified atom stereocenters. The first-order valence-electron chi connectivity index (χ1n) is 6.69. The van der Waals surface area contributed by atoms with Gasteiger partial charge in [0.05, 0.1) is 0 Å². The van der Waals surface area contributed by atoms with Gasteiger partial charge in [0.1, 0.15) is 0 Å². The topological polar surface area (TPSA) is 20.3 Å². The Bertz CT molecular complexity index is 575. The van der Waals surface area contributed by atoms with Gasteiger partial charge in [-0.05, 0) is 43.7 Å². The second kappa shape index (κ2) is 6.58. The van der Waals surface area contributed by atoms with Crippen molar-refractivity contribution in [2.75, 3.05) is 11.4 Å². The first-order chi connectivity index (χ1) is 9.65. The number of benzene rings is 2. The first-order valence-corrected chi connectivity index (χ1v) is 7.22. The number of rotatable bonds is 4. The fraction of sp³-hybridized carbons (Fsp3) is 0.235. The molecule has 0 N–H and O–H groups in total. The Morgan fingerprint density at radius 2 is 1.65 bits per heavy atom. The summed E-state index contributed by atoms with van der Waals surface area (Å²) < 4.78 is 0. The molecule has 2 aromatic carbocycles. The zero-order valence-corrected chi connectivity index (χ0v) is 12.5. The van der Waals surface area contributed by atoms with Crippen molar-refractivity contribution in [3.05, 3.63) is 65.2 Å². The van der Waals surface area contributed by atoms with Crippen molar-refractivity contribution in [2.24, 2.45) is 0 Å². The second-order valence-corrected chi connectivity index (χ2v) is 4.98. The van der Waals surface area contributed by atoms with Gasteiger partial charge in [-0.1, -0.05) is 29.8 Å². The summed E-state index contributed by atoms with van der Waals surface area (Å²) in [5, 5.41) is 0. The summed E-state index contributed by atoms with van der Waals surface area (Å²) in [6.07, 6.45) is 0. The summed E-state index contributed by atoms with van der Waals surface area (Å²) in [5.74, 6) is 0.474. The highest BCUT2D eigenvalue weighted by Gasteiger charge is 2.15. The number of anilines is 1. The molecule has 1 amide bonds. The molecular weight excluding hydrogens is 270 g/mol. The van der Waals surface area contributed by atoms with Crippen molar-refractivity contribution in [3.63, 3.8) is 0 Å². The lowest BCUT2D eigenvalue weighted by molar-refractivity contribution is 0.0988. The smallest absolute Gasteiger partial charge is 0.258 e. The monoisotopic (exact) mass is 287 g/mol. The van der Waals surface area contributed by atoms with Gasteiger partial charge < -0.3 is 4.90 Å². The Morgan fingerprint density at radius 1 is 1.05 bits per heavy atom. The number of halogens is 1. The molecule has 2 aromatic rings. The molecule has 0 saturated heterocycles. The predicted molar refractivity (Wildman–Crippen MR) is 84.5 cm³/mol. The van der Waals surface area contributed by atoms with Gasteiger partial charge in [0.15, 0.2) is 0 Å². The molecule has 104 valence electrons. The van der Waals surface area contributed by atoms with E-state index in [0.717, 1.165) is 11.3 Å². The Labute approximate surface area is 125 Å². The highest BCUT2D eigenvalue weighted by atomic mass is 35.5. The van der Waals surface area contributed by atoms with E-state index in [4.69, 9.17) is 11.6 Å². The van der Waals surface area contributed by atoms with Crippen molar-refractivity contribution in [2.45, 2.75) is 19.7 Å². The van der Waals surface area contributed by atoms with Crippen molar-refractivity contribution in [1.82, 2.24) is 0 Å². The Balaban J connectivity index is 2.26. The quantitative estimate of drug-likeness (QED) is 0.763. The molecule has 0 aliphatic rings. The van der Waals surface area contributed by atoms with E-state index in [1.165, 1.54) is 5.56 Å². The third kappa shape index (κ3) is 3.20. The number of hydrogen-bond acceptors (Lipinski definition) is 1. The minimum Gasteiger partial charge on any atom is -0.309 e. The average molecular weight is 288 g/mol. The van der Waals surface area contributed by atoms with Gasteiger partial charge >= 0.3 is 0 Å². The predicted octanol–water partition coefficient (Wildman–Crippen LogP) is 4.40. The van der Waals surface area contributed by atoms with Crippen molar-refractivity contribution >= 4 is 23.2 Å². The molecule has 20 heavy (non-hydrogen) atoms. The number of carbonyl (C=O) groups excluding carboxylic acids is 1. The molecule has 0 aliphatic heterocycles. The largest absolute Gasteiger partial charge is 0.309 e. The van der Waals surface area contributed by atoms with Crippen LogP contribution in [0.15, 0.2) is 48.5 Å². The summed E-state index contributed by atoms with van der Waals surface area (Å²) >= 11 is 5.76. The summed E-state index contributed by atoms with van der Waals surface area (Å²) in [6.45, 7) is 4.65. The zero-order valence-electron chi connectivity index (χ0n) is 11.8. The van der Waals surface area contributed by atoms with Crippen LogP contribution in [0.2, 0.25) is 0 Å². The standard InChI is InChI=1S/C17H18ClNO/c1-3-19(16-10-4-13(2)5-11-16)17(20)15-8-6-14(12-18)7-9-15/h4-11H,3,12H2,1-2H3. The van der Waals surface area contributed by atoms with Crippen LogP contribution >= 0.6 is 11.6 Å². The van der Waals surface area contributed by atoms with Gasteiger partial charge in [0.2, 0.25) is 0 Å². The highest BCUT2D eigenvalue weighted by Crippen LogP contribution is 2.18. The summed E-state index contributed by atoms with van der Waals surface area (Å²) in [5.41, 5.74) is 3.80. The maximum Gasteiger partial charge on any atom is 0.258 e. The SMILES string of the molecule is CCN(C(=O)c1ccc(CCl)cc1)c1ccc(C)cc1. The lowest BCUT2D eigenvalue weighted by atomic mass is 10.1. The van der Waals surface area contributed by atoms with E-state index in [-0.39, 0.29) is 5.91 Å². The Hall–Kier alpha value is -1.80. The molecule has 2 rings (SSSR count). The molecule has 3 heteroatoms. The van der Waals surface area contributed by atoms with E-state index in [9.17, 15) is 4.79 Å². The van der Waals surface area contributed by atoms with Gasteiger partial charge in [0, 0.05) is 23.7 Å². The normalized spacial score (nSPS) is 10.3. The molecule has 0 spiro atoms. The van der Waals surface area contributed by atoms with E-state index in [1.54, 1.807) is 4.90 Å². The molecule has 0 fully saturated rings. The third-order valence-electron chi connectivity index (χ3n) is 3.26. The maximum absolute atomic E-state index is 12.6. The van der Waals surface area contributed by atoms with Crippen LogP contribution in [-0.4, -0.2) is 12.5 Å². The highest BCUT2D eigenvalue weighted by molar-refractivity contribution is 6.17. The van der Waals surface area contributed by atoms with Crippen LogP contribution in [0.1, 0.15) is 28.4 Å². The van der Waals surface area contributed by atoms with Crippen LogP contribution in [0, 0.1) is 6.92 Å². The average Bonchev–Trinajstić information content (AvgIpc) is 2.50. The summed E-state index contributed by atoms with van der Waals surface area (Å²) in [4.78, 5) is 14.3. The van der Waals surface area contributed by atoms with Crippen molar-refractivity contribution in [1.29, 1.82) is 0 Å². The first kappa shape index (κ1) is 14.6. The molecular formula is C17H18ClNO. The minimum atomic E-state index is 0.0116. The third-order valence-corrected chi connectivity index (χ3v) is 3.57. The van der Waals surface area contributed by atoms with Crippen LogP contribution in [0.25, 0.3) is 0 Å². The van der Waals surface area contributed by atoms with Crippen molar-refractivity contribution in [3.8, 4) is 0 Å². The van der Waals surface area contributed by atoms with Crippen LogP contribution < -0.4 is 4.90 Å². The lowest BCUT2D eigenvalue weighted by Gasteiger charge is -2.21. The van der Waals surface area contributed by atoms with E-state index < -0.39 is 0 Å². The number of carbonyl (C=O) groups is 1. The second-order valence-electron chi connectivity index (χ2n) is 4.72. The molecule has 2 nitrogen and oxygen atoms in total. The van der Waals surface area contributed by atoms with Crippen LogP contribution in [0.5, 0.6) is 0 Å². The number of alkyl halides is 1. The molecule has 0 heterocycles. The van der Waals surface area contributed by atoms with Crippen LogP contribution in [-0.2, 0) is 5.88 Å². The van der Waals surface area contributed by atoms with Crippen molar-refractivity contribution < 1.29 is 4.79 Å². The fourth-order valence-electron chi connectivity index (χ4n) is 2.06. The van der Waals surface area contributed by atoms with Crippen LogP contribution in [0.4, 0.5) is 5.69 Å². The molecule has 0 saturated carbocycles. The minimum absolute atomic E-state index is 0.0116. The lowest BCUT2D eigenvalue weighted by Crippen LogP contribution is -2.30. The van der Waals surface area contributed by atoms with Crippen LogP contribution in [0.3, 0.4) is 0 Å². The number of amides is 1. The Kier molecular flexibility index (Phi) is 4.80. The zero-order chi connectivity index (χ0) is 14.5. The fourth-order valence-corrected chi connectivity index (χ4v) is 2.24. The number of nitrogens with zero attached hydrogens (tertiary/aromatic N) is 1. The molecule has 0 aromatic heterocycles. The van der Waals surface area contributed by atoms with Gasteiger partial charge in [-0.2, -0.15) is 0 Å².